The van der Waals surface area contributed by atoms with Crippen molar-refractivity contribution in [3.63, 3.8) is 0 Å². The molecule has 0 fully saturated rings. The molecule has 1 atom stereocenters. The highest BCUT2D eigenvalue weighted by Crippen LogP contribution is 2.23. The summed E-state index contributed by atoms with van der Waals surface area (Å²) >= 11 is 0. The fraction of sp³-hybridized carbons (Fsp3) is 0.571. The summed E-state index contributed by atoms with van der Waals surface area (Å²) in [6, 6.07) is 3.73. The van der Waals surface area contributed by atoms with Crippen molar-refractivity contribution in [1.29, 1.82) is 0 Å². The predicted molar refractivity (Wildman–Crippen MR) is 85.1 cm³/mol. The first-order valence-corrected chi connectivity index (χ1v) is 8.48. The topological polar surface area (TPSA) is 107 Å². The van der Waals surface area contributed by atoms with Crippen LogP contribution in [0.2, 0.25) is 0 Å². The highest BCUT2D eigenvalue weighted by atomic mass is 32.2. The van der Waals surface area contributed by atoms with Crippen molar-refractivity contribution >= 4 is 15.7 Å². The maximum absolute atomic E-state index is 12.5. The monoisotopic (exact) mass is 329 g/mol. The average molecular weight is 329 g/mol. The Bertz CT molecular complexity index is 643. The molecular weight excluding hydrogens is 306 g/mol. The lowest BCUT2D eigenvalue weighted by atomic mass is 10.0. The molecule has 0 aliphatic heterocycles. The molecule has 1 aromatic carbocycles. The number of aryl methyl sites for hydroxylation is 1. The van der Waals surface area contributed by atoms with Crippen LogP contribution in [0, 0.1) is 23.0 Å². The summed E-state index contributed by atoms with van der Waals surface area (Å²) in [5.41, 5.74) is 6.15. The van der Waals surface area contributed by atoms with Gasteiger partial charge in [-0.15, -0.1) is 0 Å². The standard InChI is InChI=1S/C14H23N3O4S/c1-10(2)13(15)7-8-16(4)22(20,21)12-5-6-14(17(18)19)11(3)9-12/h5-6,9-10,13H,7-8,15H2,1-4H3. The fourth-order valence-electron chi connectivity index (χ4n) is 1.96. The van der Waals surface area contributed by atoms with Gasteiger partial charge in [0.25, 0.3) is 5.69 Å². The molecule has 0 radical (unpaired) electrons. The quantitative estimate of drug-likeness (QED) is 0.607. The molecule has 124 valence electrons. The highest BCUT2D eigenvalue weighted by Gasteiger charge is 2.23. The lowest BCUT2D eigenvalue weighted by Gasteiger charge is -2.21. The van der Waals surface area contributed by atoms with Crippen LogP contribution in [0.3, 0.4) is 0 Å². The van der Waals surface area contributed by atoms with Gasteiger partial charge in [-0.05, 0) is 31.4 Å². The van der Waals surface area contributed by atoms with Crippen LogP contribution >= 0.6 is 0 Å². The van der Waals surface area contributed by atoms with Gasteiger partial charge in [-0.2, -0.15) is 0 Å². The Morgan fingerprint density at radius 3 is 2.41 bits per heavy atom. The van der Waals surface area contributed by atoms with E-state index in [9.17, 15) is 18.5 Å². The predicted octanol–water partition coefficient (Wildman–Crippen LogP) is 1.90. The van der Waals surface area contributed by atoms with Crippen LogP contribution in [0.5, 0.6) is 0 Å². The van der Waals surface area contributed by atoms with E-state index in [0.29, 0.717) is 18.5 Å². The molecule has 0 saturated heterocycles. The molecule has 0 saturated carbocycles. The van der Waals surface area contributed by atoms with E-state index in [1.165, 1.54) is 36.5 Å². The maximum Gasteiger partial charge on any atom is 0.272 e. The van der Waals surface area contributed by atoms with Crippen molar-refractivity contribution in [3.8, 4) is 0 Å². The second-order valence-corrected chi connectivity index (χ2v) is 7.77. The van der Waals surface area contributed by atoms with Gasteiger partial charge in [0.15, 0.2) is 0 Å². The van der Waals surface area contributed by atoms with Crippen LogP contribution in [0.1, 0.15) is 25.8 Å². The smallest absolute Gasteiger partial charge is 0.272 e. The molecule has 1 unspecified atom stereocenters. The van der Waals surface area contributed by atoms with Crippen molar-refractivity contribution < 1.29 is 13.3 Å². The van der Waals surface area contributed by atoms with Gasteiger partial charge in [0.1, 0.15) is 0 Å². The Labute approximate surface area is 131 Å². The molecule has 0 aliphatic carbocycles. The zero-order valence-electron chi connectivity index (χ0n) is 13.3. The summed E-state index contributed by atoms with van der Waals surface area (Å²) in [5.74, 6) is 0.276. The van der Waals surface area contributed by atoms with Crippen LogP contribution in [0.4, 0.5) is 5.69 Å². The Hall–Kier alpha value is -1.51. The van der Waals surface area contributed by atoms with Crippen molar-refractivity contribution in [2.45, 2.75) is 38.1 Å². The molecule has 0 heterocycles. The lowest BCUT2D eigenvalue weighted by molar-refractivity contribution is -0.385. The molecular formula is C14H23N3O4S. The third kappa shape index (κ3) is 4.25. The maximum atomic E-state index is 12.5. The van der Waals surface area contributed by atoms with Gasteiger partial charge in [0.05, 0.1) is 9.82 Å². The van der Waals surface area contributed by atoms with Gasteiger partial charge in [0, 0.05) is 31.3 Å². The van der Waals surface area contributed by atoms with Crippen LogP contribution < -0.4 is 5.73 Å². The van der Waals surface area contributed by atoms with Gasteiger partial charge in [0.2, 0.25) is 10.0 Å². The lowest BCUT2D eigenvalue weighted by Crippen LogP contribution is -2.34. The second-order valence-electron chi connectivity index (χ2n) is 5.73. The van der Waals surface area contributed by atoms with E-state index in [-0.39, 0.29) is 22.5 Å². The first-order chi connectivity index (χ1) is 10.1. The molecule has 0 aliphatic rings. The molecule has 0 bridgehead atoms. The average Bonchev–Trinajstić information content (AvgIpc) is 2.43. The molecule has 0 aromatic heterocycles. The minimum absolute atomic E-state index is 0.0521. The van der Waals surface area contributed by atoms with E-state index in [1.54, 1.807) is 0 Å². The van der Waals surface area contributed by atoms with Crippen molar-refractivity contribution in [1.82, 2.24) is 4.31 Å². The number of nitro benzene ring substituents is 1. The number of rotatable bonds is 7. The SMILES string of the molecule is Cc1cc(S(=O)(=O)N(C)CCC(N)C(C)C)ccc1[N+](=O)[O-]. The van der Waals surface area contributed by atoms with E-state index < -0.39 is 14.9 Å². The Morgan fingerprint density at radius 1 is 1.36 bits per heavy atom. The molecule has 0 amide bonds. The van der Waals surface area contributed by atoms with Crippen molar-refractivity contribution in [2.24, 2.45) is 11.7 Å². The molecule has 22 heavy (non-hydrogen) atoms. The fourth-order valence-corrected chi connectivity index (χ4v) is 3.23. The molecule has 2 N–H and O–H groups in total. The summed E-state index contributed by atoms with van der Waals surface area (Å²) < 4.78 is 26.2. The number of benzene rings is 1. The van der Waals surface area contributed by atoms with E-state index in [1.807, 2.05) is 13.8 Å². The minimum atomic E-state index is -3.67. The summed E-state index contributed by atoms with van der Waals surface area (Å²) in [5, 5.41) is 10.8. The minimum Gasteiger partial charge on any atom is -0.327 e. The Kier molecular flexibility index (Phi) is 6.04. The van der Waals surface area contributed by atoms with Gasteiger partial charge in [-0.1, -0.05) is 13.8 Å². The van der Waals surface area contributed by atoms with E-state index in [4.69, 9.17) is 5.73 Å². The molecule has 7 nitrogen and oxygen atoms in total. The zero-order valence-corrected chi connectivity index (χ0v) is 14.1. The number of nitrogens with zero attached hydrogens (tertiary/aromatic N) is 2. The number of sulfonamides is 1. The molecule has 8 heteroatoms. The van der Waals surface area contributed by atoms with E-state index >= 15 is 0 Å². The summed E-state index contributed by atoms with van der Waals surface area (Å²) in [6.45, 7) is 5.79. The third-order valence-corrected chi connectivity index (χ3v) is 5.56. The first-order valence-electron chi connectivity index (χ1n) is 7.04. The van der Waals surface area contributed by atoms with Gasteiger partial charge in [-0.3, -0.25) is 10.1 Å². The number of hydrogen-bond donors (Lipinski definition) is 1. The van der Waals surface area contributed by atoms with Crippen LogP contribution in [0.25, 0.3) is 0 Å². The molecule has 1 aromatic rings. The van der Waals surface area contributed by atoms with Crippen molar-refractivity contribution in [3.05, 3.63) is 33.9 Å². The second kappa shape index (κ2) is 7.17. The normalized spacial score (nSPS) is 13.6. The zero-order chi connectivity index (χ0) is 17.1. The third-order valence-electron chi connectivity index (χ3n) is 3.71. The summed E-state index contributed by atoms with van der Waals surface area (Å²) in [7, 11) is -2.18. The summed E-state index contributed by atoms with van der Waals surface area (Å²) in [4.78, 5) is 10.3. The van der Waals surface area contributed by atoms with E-state index in [2.05, 4.69) is 0 Å². The van der Waals surface area contributed by atoms with Crippen LogP contribution in [0.15, 0.2) is 23.1 Å². The molecule has 1 rings (SSSR count). The van der Waals surface area contributed by atoms with Gasteiger partial charge < -0.3 is 5.73 Å². The number of nitrogens with two attached hydrogens (primary N) is 1. The van der Waals surface area contributed by atoms with Crippen molar-refractivity contribution in [2.75, 3.05) is 13.6 Å². The van der Waals surface area contributed by atoms with Crippen LogP contribution in [-0.2, 0) is 10.0 Å². The largest absolute Gasteiger partial charge is 0.327 e. The van der Waals surface area contributed by atoms with Gasteiger partial charge >= 0.3 is 0 Å². The van der Waals surface area contributed by atoms with E-state index in [0.717, 1.165) is 0 Å². The summed E-state index contributed by atoms with van der Waals surface area (Å²) in [6.07, 6.45) is 0.555. The Morgan fingerprint density at radius 2 is 1.95 bits per heavy atom. The number of hydrogen-bond acceptors (Lipinski definition) is 5. The molecule has 0 spiro atoms. The Balaban J connectivity index is 2.94. The first kappa shape index (κ1) is 18.5. The van der Waals surface area contributed by atoms with Gasteiger partial charge in [-0.25, -0.2) is 12.7 Å². The number of nitro groups is 1. The highest BCUT2D eigenvalue weighted by molar-refractivity contribution is 7.89. The van der Waals surface area contributed by atoms with Crippen LogP contribution in [-0.4, -0.2) is 37.3 Å².